The van der Waals surface area contributed by atoms with Crippen molar-refractivity contribution in [2.45, 2.75) is 20.4 Å². The van der Waals surface area contributed by atoms with E-state index in [0.29, 0.717) is 17.5 Å². The summed E-state index contributed by atoms with van der Waals surface area (Å²) in [6, 6.07) is 2.93. The highest BCUT2D eigenvalue weighted by atomic mass is 16.2. The molecule has 0 aromatic carbocycles. The van der Waals surface area contributed by atoms with Gasteiger partial charge in [-0.3, -0.25) is 9.59 Å². The fourth-order valence-corrected chi connectivity index (χ4v) is 2.25. The van der Waals surface area contributed by atoms with Gasteiger partial charge >= 0.3 is 0 Å². The monoisotopic (exact) mass is 249 g/mol. The largest absolute Gasteiger partial charge is 0.398 e. The molecule has 18 heavy (non-hydrogen) atoms. The maximum atomic E-state index is 12.1. The van der Waals surface area contributed by atoms with E-state index in [0.717, 1.165) is 13.1 Å². The van der Waals surface area contributed by atoms with Gasteiger partial charge in [-0.15, -0.1) is 0 Å². The SMILES string of the molecule is CC1CN(C(=O)Cn2cc(N)ccc2=O)CC1C. The van der Waals surface area contributed by atoms with Crippen molar-refractivity contribution in [1.82, 2.24) is 9.47 Å². The predicted octanol–water partition coefficient (Wildman–Crippen LogP) is 0.545. The number of likely N-dealkylation sites (tertiary alicyclic amines) is 1. The lowest BCUT2D eigenvalue weighted by molar-refractivity contribution is -0.131. The molecule has 1 aliphatic heterocycles. The van der Waals surface area contributed by atoms with Crippen molar-refractivity contribution in [1.29, 1.82) is 0 Å². The summed E-state index contributed by atoms with van der Waals surface area (Å²) in [6.45, 7) is 5.91. The Morgan fingerprint density at radius 3 is 2.56 bits per heavy atom. The number of nitrogens with two attached hydrogens (primary N) is 1. The fourth-order valence-electron chi connectivity index (χ4n) is 2.25. The second-order valence-electron chi connectivity index (χ2n) is 5.18. The zero-order valence-corrected chi connectivity index (χ0v) is 10.8. The molecule has 98 valence electrons. The van der Waals surface area contributed by atoms with Crippen LogP contribution in [0.15, 0.2) is 23.1 Å². The Morgan fingerprint density at radius 1 is 1.33 bits per heavy atom. The van der Waals surface area contributed by atoms with Crippen molar-refractivity contribution in [2.24, 2.45) is 11.8 Å². The van der Waals surface area contributed by atoms with Crippen LogP contribution in [0.25, 0.3) is 0 Å². The van der Waals surface area contributed by atoms with Crippen LogP contribution in [0.2, 0.25) is 0 Å². The van der Waals surface area contributed by atoms with Crippen LogP contribution in [0.4, 0.5) is 5.69 Å². The number of nitrogen functional groups attached to an aromatic ring is 1. The first kappa shape index (κ1) is 12.7. The van der Waals surface area contributed by atoms with Crippen molar-refractivity contribution in [3.05, 3.63) is 28.7 Å². The third-order valence-electron chi connectivity index (χ3n) is 3.65. The zero-order valence-electron chi connectivity index (χ0n) is 10.8. The minimum absolute atomic E-state index is 0.0149. The average molecular weight is 249 g/mol. The summed E-state index contributed by atoms with van der Waals surface area (Å²) in [4.78, 5) is 25.5. The number of hydrogen-bond acceptors (Lipinski definition) is 3. The molecule has 0 radical (unpaired) electrons. The van der Waals surface area contributed by atoms with Gasteiger partial charge in [0, 0.05) is 31.0 Å². The number of rotatable bonds is 2. The first-order valence-corrected chi connectivity index (χ1v) is 6.21. The molecule has 1 saturated heterocycles. The Hall–Kier alpha value is -1.78. The van der Waals surface area contributed by atoms with E-state index in [1.54, 1.807) is 6.07 Å². The summed E-state index contributed by atoms with van der Waals surface area (Å²) in [5.74, 6) is 1.02. The van der Waals surface area contributed by atoms with Gasteiger partial charge in [0.2, 0.25) is 5.91 Å². The van der Waals surface area contributed by atoms with Crippen molar-refractivity contribution < 1.29 is 4.79 Å². The molecule has 0 bridgehead atoms. The second-order valence-corrected chi connectivity index (χ2v) is 5.18. The summed E-state index contributed by atoms with van der Waals surface area (Å²) in [7, 11) is 0. The van der Waals surface area contributed by atoms with E-state index in [4.69, 9.17) is 5.73 Å². The predicted molar refractivity (Wildman–Crippen MR) is 70.0 cm³/mol. The normalized spacial score (nSPS) is 23.3. The standard InChI is InChI=1S/C13H19N3O2/c1-9-5-15(6-10(9)2)13(18)8-16-7-11(14)3-4-12(16)17/h3-4,7,9-10H,5-6,8,14H2,1-2H3. The van der Waals surface area contributed by atoms with Gasteiger partial charge < -0.3 is 15.2 Å². The first-order valence-electron chi connectivity index (χ1n) is 6.21. The van der Waals surface area contributed by atoms with Gasteiger partial charge in [-0.25, -0.2) is 0 Å². The van der Waals surface area contributed by atoms with Crippen molar-refractivity contribution >= 4 is 11.6 Å². The Labute approximate surface area is 106 Å². The highest BCUT2D eigenvalue weighted by Gasteiger charge is 2.29. The van der Waals surface area contributed by atoms with Crippen LogP contribution in [0.3, 0.4) is 0 Å². The lowest BCUT2D eigenvalue weighted by Gasteiger charge is -2.16. The van der Waals surface area contributed by atoms with E-state index < -0.39 is 0 Å². The molecular weight excluding hydrogens is 230 g/mol. The molecule has 2 unspecified atom stereocenters. The molecule has 0 spiro atoms. The number of pyridine rings is 1. The van der Waals surface area contributed by atoms with Crippen molar-refractivity contribution in [2.75, 3.05) is 18.8 Å². The molecule has 1 amide bonds. The van der Waals surface area contributed by atoms with Crippen LogP contribution >= 0.6 is 0 Å². The van der Waals surface area contributed by atoms with E-state index >= 15 is 0 Å². The molecule has 1 aromatic rings. The molecule has 5 nitrogen and oxygen atoms in total. The maximum Gasteiger partial charge on any atom is 0.251 e. The van der Waals surface area contributed by atoms with Crippen molar-refractivity contribution in [3.63, 3.8) is 0 Å². The number of aromatic nitrogens is 1. The molecule has 1 aliphatic rings. The average Bonchev–Trinajstić information content (AvgIpc) is 2.64. The summed E-state index contributed by atoms with van der Waals surface area (Å²) in [6.07, 6.45) is 1.52. The van der Waals surface area contributed by atoms with Gasteiger partial charge in [0.15, 0.2) is 0 Å². The molecule has 1 fully saturated rings. The maximum absolute atomic E-state index is 12.1. The van der Waals surface area contributed by atoms with Gasteiger partial charge in [-0.1, -0.05) is 13.8 Å². The topological polar surface area (TPSA) is 68.3 Å². The summed E-state index contributed by atoms with van der Waals surface area (Å²) in [5.41, 5.74) is 5.91. The van der Waals surface area contributed by atoms with Gasteiger partial charge in [0.25, 0.3) is 5.56 Å². The minimum Gasteiger partial charge on any atom is -0.398 e. The molecule has 5 heteroatoms. The number of anilines is 1. The van der Waals surface area contributed by atoms with E-state index in [1.165, 1.54) is 16.8 Å². The lowest BCUT2D eigenvalue weighted by Crippen LogP contribution is -2.35. The number of hydrogen-bond donors (Lipinski definition) is 1. The van der Waals surface area contributed by atoms with Crippen LogP contribution in [-0.2, 0) is 11.3 Å². The van der Waals surface area contributed by atoms with Crippen LogP contribution < -0.4 is 11.3 Å². The first-order chi connectivity index (χ1) is 8.47. The van der Waals surface area contributed by atoms with Gasteiger partial charge in [-0.05, 0) is 17.9 Å². The molecule has 2 atom stereocenters. The van der Waals surface area contributed by atoms with E-state index in [2.05, 4.69) is 13.8 Å². The molecule has 2 N–H and O–H groups in total. The van der Waals surface area contributed by atoms with E-state index in [1.807, 2.05) is 4.90 Å². The smallest absolute Gasteiger partial charge is 0.251 e. The van der Waals surface area contributed by atoms with Crippen molar-refractivity contribution in [3.8, 4) is 0 Å². The van der Waals surface area contributed by atoms with Gasteiger partial charge in [0.1, 0.15) is 6.54 Å². The third-order valence-corrected chi connectivity index (χ3v) is 3.65. The fraction of sp³-hybridized carbons (Fsp3) is 0.538. The Kier molecular flexibility index (Phi) is 3.41. The summed E-state index contributed by atoms with van der Waals surface area (Å²) >= 11 is 0. The highest BCUT2D eigenvalue weighted by Crippen LogP contribution is 2.22. The van der Waals surface area contributed by atoms with Gasteiger partial charge in [-0.2, -0.15) is 0 Å². The molecular formula is C13H19N3O2. The molecule has 1 aromatic heterocycles. The van der Waals surface area contributed by atoms with Crippen LogP contribution in [0.5, 0.6) is 0 Å². The zero-order chi connectivity index (χ0) is 13.3. The number of carbonyl (C=O) groups excluding carboxylic acids is 1. The van der Waals surface area contributed by atoms with Crippen LogP contribution in [-0.4, -0.2) is 28.5 Å². The summed E-state index contributed by atoms with van der Waals surface area (Å²) < 4.78 is 1.37. The van der Waals surface area contributed by atoms with E-state index in [9.17, 15) is 9.59 Å². The molecule has 2 rings (SSSR count). The Morgan fingerprint density at radius 2 is 1.94 bits per heavy atom. The Bertz CT molecular complexity index is 499. The van der Waals surface area contributed by atoms with Gasteiger partial charge in [0.05, 0.1) is 0 Å². The Balaban J connectivity index is 2.08. The third kappa shape index (κ3) is 2.55. The minimum atomic E-state index is -0.196. The second kappa shape index (κ2) is 4.84. The van der Waals surface area contributed by atoms with Crippen LogP contribution in [0.1, 0.15) is 13.8 Å². The molecule has 2 heterocycles. The quantitative estimate of drug-likeness (QED) is 0.832. The number of nitrogens with zero attached hydrogens (tertiary/aromatic N) is 2. The molecule has 0 saturated carbocycles. The number of carbonyl (C=O) groups is 1. The summed E-state index contributed by atoms with van der Waals surface area (Å²) in [5, 5.41) is 0. The van der Waals surface area contributed by atoms with Crippen LogP contribution in [0, 0.1) is 11.8 Å². The molecule has 0 aliphatic carbocycles. The van der Waals surface area contributed by atoms with E-state index in [-0.39, 0.29) is 18.0 Å². The highest BCUT2D eigenvalue weighted by molar-refractivity contribution is 5.76. The lowest BCUT2D eigenvalue weighted by atomic mass is 10.0. The number of amides is 1.